The number of oxime groups is 1. The maximum absolute atomic E-state index is 13.6. The van der Waals surface area contributed by atoms with E-state index in [0.717, 1.165) is 40.9 Å². The maximum Gasteiger partial charge on any atom is 0.418 e. The number of β-lactam (4-membered cyclic amide) rings is 1. The summed E-state index contributed by atoms with van der Waals surface area (Å²) in [6.45, 7) is 4.78. The zero-order valence-electron chi connectivity index (χ0n) is 27.9. The minimum atomic E-state index is -5.00. The first-order valence-electron chi connectivity index (χ1n) is 15.7. The summed E-state index contributed by atoms with van der Waals surface area (Å²) in [5.41, 5.74) is 11.7. The van der Waals surface area contributed by atoms with Crippen LogP contribution in [0.2, 0.25) is 0 Å². The number of fused-ring (bicyclic) bond motifs is 1. The lowest BCUT2D eigenvalue weighted by molar-refractivity contribution is -0.678. The average molecular weight is 732 g/mol. The highest BCUT2D eigenvalue weighted by Gasteiger charge is 2.58. The number of nitrogens with zero attached hydrogens (tertiary/aromatic N) is 4. The second-order valence-electron chi connectivity index (χ2n) is 12.9. The number of aryl methyl sites for hydroxylation is 3. The first kappa shape index (κ1) is 36.8. The molecule has 4 heterocycles. The van der Waals surface area contributed by atoms with Crippen LogP contribution in [0.5, 0.6) is 5.75 Å². The number of hydrogen-bond acceptors (Lipinski definition) is 13. The standard InChI is InChI=1S/C32H38N6O10S2/c1-31(2)22(28(40)38(31)48-50(43,44)45)15-24(39)27(23-17-49-30(34)35-23)36-47-32(3,29(41)42)26-12-9-19-14-18(8-11-25(19)46-26)20-7-10-21(6-5-13-33)37(4)16-20/h7-8,10-11,14,16-17,22,26H,5-6,9,12-13,15,33H2,1-4H3,(H3-,34,35,41,42,43,44,45)/p+1/b36-27-/t22-,26-,32+/m1/s1. The Morgan fingerprint density at radius 1 is 1.26 bits per heavy atom. The zero-order valence-corrected chi connectivity index (χ0v) is 29.5. The van der Waals surface area contributed by atoms with Gasteiger partial charge in [0.15, 0.2) is 34.6 Å². The SMILES string of the molecule is C[n+]1cc(-c2ccc3c(c2)CC[C@H]([C@](C)(O/N=C(\C(=O)C[C@@H]2C(=O)N(OS(=O)(=O)O)C2(C)C)c2csc(N)n2)C(=O)O)O3)ccc1CCCN. The van der Waals surface area contributed by atoms with Gasteiger partial charge in [-0.05, 0) is 75.9 Å². The number of nitrogens with two attached hydrogens (primary N) is 2. The minimum absolute atomic E-state index is 0.0101. The molecule has 3 atom stereocenters. The molecule has 0 aliphatic carbocycles. The maximum atomic E-state index is 13.6. The highest BCUT2D eigenvalue weighted by atomic mass is 32.3. The number of rotatable bonds is 14. The van der Waals surface area contributed by atoms with Crippen LogP contribution in [-0.4, -0.2) is 75.3 Å². The number of benzene rings is 1. The van der Waals surface area contributed by atoms with Crippen LogP contribution in [0.3, 0.4) is 0 Å². The minimum Gasteiger partial charge on any atom is -0.485 e. The Labute approximate surface area is 292 Å². The van der Waals surface area contributed by atoms with Gasteiger partial charge in [0.05, 0.1) is 11.5 Å². The Bertz CT molecular complexity index is 1960. The molecule has 0 saturated carbocycles. The number of aliphatic carboxylic acids is 1. The number of ether oxygens (including phenoxy) is 1. The van der Waals surface area contributed by atoms with Gasteiger partial charge < -0.3 is 26.1 Å². The summed E-state index contributed by atoms with van der Waals surface area (Å²) in [6, 6.07) is 9.80. The summed E-state index contributed by atoms with van der Waals surface area (Å²) in [4.78, 5) is 48.7. The Kier molecular flexibility index (Phi) is 10.3. The number of carbonyl (C=O) groups excluding carboxylic acids is 2. The smallest absolute Gasteiger partial charge is 0.418 e. The Balaban J connectivity index is 1.36. The van der Waals surface area contributed by atoms with Gasteiger partial charge in [-0.15, -0.1) is 15.6 Å². The van der Waals surface area contributed by atoms with Gasteiger partial charge in [0.2, 0.25) is 0 Å². The number of Topliss-reactive ketones (excluding diaryl/α,β-unsaturated/α-hetero) is 1. The molecule has 1 amide bonds. The molecule has 0 spiro atoms. The highest BCUT2D eigenvalue weighted by molar-refractivity contribution is 7.80. The number of carbonyl (C=O) groups is 3. The molecule has 16 nitrogen and oxygen atoms in total. The van der Waals surface area contributed by atoms with E-state index in [1.165, 1.54) is 31.8 Å². The summed E-state index contributed by atoms with van der Waals surface area (Å²) in [7, 11) is -3.01. The van der Waals surface area contributed by atoms with Crippen LogP contribution >= 0.6 is 11.3 Å². The van der Waals surface area contributed by atoms with Crippen molar-refractivity contribution >= 4 is 50.2 Å². The van der Waals surface area contributed by atoms with E-state index in [4.69, 9.17) is 25.6 Å². The third-order valence-electron chi connectivity index (χ3n) is 9.04. The largest absolute Gasteiger partial charge is 0.485 e. The molecule has 2 aliphatic rings. The summed E-state index contributed by atoms with van der Waals surface area (Å²) in [5, 5.41) is 16.3. The molecule has 2 aromatic heterocycles. The first-order chi connectivity index (χ1) is 23.4. The number of anilines is 1. The third kappa shape index (κ3) is 7.48. The van der Waals surface area contributed by atoms with E-state index < -0.39 is 63.4 Å². The quantitative estimate of drug-likeness (QED) is 0.0611. The van der Waals surface area contributed by atoms with Gasteiger partial charge in [0.25, 0.3) is 11.5 Å². The molecule has 1 saturated heterocycles. The topological polar surface area (TPSA) is 238 Å². The van der Waals surface area contributed by atoms with E-state index in [0.29, 0.717) is 23.8 Å². The van der Waals surface area contributed by atoms with E-state index in [1.54, 1.807) is 6.07 Å². The van der Waals surface area contributed by atoms with Crippen molar-refractivity contribution in [3.8, 4) is 16.9 Å². The van der Waals surface area contributed by atoms with Crippen LogP contribution in [-0.2, 0) is 53.8 Å². The number of hydrogen-bond donors (Lipinski definition) is 4. The molecule has 50 heavy (non-hydrogen) atoms. The molecule has 0 unspecified atom stereocenters. The van der Waals surface area contributed by atoms with Crippen molar-refractivity contribution in [3.05, 3.63) is 58.9 Å². The fraction of sp³-hybridized carbons (Fsp3) is 0.438. The predicted molar refractivity (Wildman–Crippen MR) is 180 cm³/mol. The molecular formula is C32H39N6O10S2+. The van der Waals surface area contributed by atoms with Crippen LogP contribution < -0.4 is 20.8 Å². The van der Waals surface area contributed by atoms with Crippen molar-refractivity contribution in [2.75, 3.05) is 12.3 Å². The monoisotopic (exact) mass is 731 g/mol. The van der Waals surface area contributed by atoms with Crippen LogP contribution in [0, 0.1) is 5.92 Å². The van der Waals surface area contributed by atoms with Gasteiger partial charge in [-0.1, -0.05) is 11.2 Å². The van der Waals surface area contributed by atoms with Crippen molar-refractivity contribution in [2.45, 2.75) is 70.1 Å². The van der Waals surface area contributed by atoms with Crippen molar-refractivity contribution < 1.29 is 50.9 Å². The summed E-state index contributed by atoms with van der Waals surface area (Å²) in [6.07, 6.45) is 3.03. The predicted octanol–water partition coefficient (Wildman–Crippen LogP) is 2.00. The fourth-order valence-corrected chi connectivity index (χ4v) is 6.97. The van der Waals surface area contributed by atoms with Crippen molar-refractivity contribution in [1.29, 1.82) is 0 Å². The van der Waals surface area contributed by atoms with Gasteiger partial charge in [0, 0.05) is 29.9 Å². The lowest BCUT2D eigenvalue weighted by Crippen LogP contribution is -2.68. The number of hydroxylamine groups is 2. The number of thiazole rings is 1. The number of nitrogen functional groups attached to an aromatic ring is 1. The fourth-order valence-electron chi connectivity index (χ4n) is 5.97. The molecule has 3 aromatic rings. The van der Waals surface area contributed by atoms with E-state index in [1.807, 2.05) is 31.4 Å². The average Bonchev–Trinajstić information content (AvgIpc) is 3.49. The molecular weight excluding hydrogens is 693 g/mol. The molecule has 268 valence electrons. The summed E-state index contributed by atoms with van der Waals surface area (Å²) < 4.78 is 44.0. The third-order valence-corrected chi connectivity index (χ3v) is 10.1. The lowest BCUT2D eigenvalue weighted by Gasteiger charge is -2.50. The van der Waals surface area contributed by atoms with Gasteiger partial charge in [-0.3, -0.25) is 14.1 Å². The molecule has 1 fully saturated rings. The van der Waals surface area contributed by atoms with E-state index in [-0.39, 0.29) is 17.2 Å². The van der Waals surface area contributed by atoms with Gasteiger partial charge >= 0.3 is 16.4 Å². The number of carboxylic acid groups (broad SMARTS) is 1. The second-order valence-corrected chi connectivity index (χ2v) is 14.8. The van der Waals surface area contributed by atoms with E-state index >= 15 is 0 Å². The number of ketones is 1. The number of pyridine rings is 1. The molecule has 2 aliphatic heterocycles. The van der Waals surface area contributed by atoms with Gasteiger partial charge in [0.1, 0.15) is 18.5 Å². The van der Waals surface area contributed by atoms with Crippen LogP contribution in [0.1, 0.15) is 57.0 Å². The molecule has 1 aromatic carbocycles. The molecule has 5 rings (SSSR count). The summed E-state index contributed by atoms with van der Waals surface area (Å²) >= 11 is 1.00. The van der Waals surface area contributed by atoms with Gasteiger partial charge in [-0.25, -0.2) is 14.3 Å². The Morgan fingerprint density at radius 2 is 1.98 bits per heavy atom. The number of aromatic nitrogens is 2. The molecule has 0 bridgehead atoms. The van der Waals surface area contributed by atoms with E-state index in [2.05, 4.69) is 25.1 Å². The highest BCUT2D eigenvalue weighted by Crippen LogP contribution is 2.41. The van der Waals surface area contributed by atoms with Crippen LogP contribution in [0.15, 0.2) is 47.1 Å². The zero-order chi connectivity index (χ0) is 36.6. The number of amides is 1. The Morgan fingerprint density at radius 3 is 2.58 bits per heavy atom. The van der Waals surface area contributed by atoms with E-state index in [9.17, 15) is 27.9 Å². The molecule has 18 heteroatoms. The normalized spacial score (nSPS) is 19.9. The summed E-state index contributed by atoms with van der Waals surface area (Å²) in [5.74, 6) is -3.63. The van der Waals surface area contributed by atoms with Crippen molar-refractivity contribution in [1.82, 2.24) is 10.0 Å². The lowest BCUT2D eigenvalue weighted by atomic mass is 9.74. The molecule has 6 N–H and O–H groups in total. The number of carboxylic acids is 1. The Hall–Kier alpha value is -4.49. The van der Waals surface area contributed by atoms with Gasteiger partial charge in [-0.2, -0.15) is 13.5 Å². The van der Waals surface area contributed by atoms with Crippen molar-refractivity contribution in [2.24, 2.45) is 23.9 Å². The first-order valence-corrected chi connectivity index (χ1v) is 17.9. The second kappa shape index (κ2) is 14.0. The van der Waals surface area contributed by atoms with Crippen LogP contribution in [0.25, 0.3) is 11.1 Å². The van der Waals surface area contributed by atoms with Crippen molar-refractivity contribution in [3.63, 3.8) is 0 Å². The molecule has 0 radical (unpaired) electrons. The van der Waals surface area contributed by atoms with Crippen LogP contribution in [0.4, 0.5) is 5.13 Å².